The summed E-state index contributed by atoms with van der Waals surface area (Å²) in [5.41, 5.74) is 3.68. The SMILES string of the molecule is CCCCC1CCC(c2ccc(-c3ccc(Br)cc3)nc2)CC1. The summed E-state index contributed by atoms with van der Waals surface area (Å²) in [4.78, 5) is 4.71. The van der Waals surface area contributed by atoms with E-state index in [1.807, 2.05) is 0 Å². The van der Waals surface area contributed by atoms with Gasteiger partial charge in [-0.25, -0.2) is 0 Å². The lowest BCUT2D eigenvalue weighted by molar-refractivity contribution is 0.304. The molecule has 1 aromatic carbocycles. The molecule has 0 spiro atoms. The van der Waals surface area contributed by atoms with Gasteiger partial charge in [0.15, 0.2) is 0 Å². The molecule has 2 heteroatoms. The van der Waals surface area contributed by atoms with E-state index in [9.17, 15) is 0 Å². The fourth-order valence-corrected chi connectivity index (χ4v) is 3.98. The molecule has 0 aliphatic heterocycles. The van der Waals surface area contributed by atoms with E-state index in [0.717, 1.165) is 22.0 Å². The summed E-state index contributed by atoms with van der Waals surface area (Å²) in [7, 11) is 0. The van der Waals surface area contributed by atoms with Gasteiger partial charge in [0, 0.05) is 16.2 Å². The average Bonchev–Trinajstić information content (AvgIpc) is 2.61. The number of benzene rings is 1. The number of nitrogens with zero attached hydrogens (tertiary/aromatic N) is 1. The Morgan fingerprint density at radius 2 is 1.74 bits per heavy atom. The molecule has 1 saturated carbocycles. The molecule has 122 valence electrons. The quantitative estimate of drug-likeness (QED) is 0.552. The molecule has 23 heavy (non-hydrogen) atoms. The van der Waals surface area contributed by atoms with Gasteiger partial charge in [0.1, 0.15) is 0 Å². The number of halogens is 1. The van der Waals surface area contributed by atoms with Crippen LogP contribution in [-0.2, 0) is 0 Å². The zero-order chi connectivity index (χ0) is 16.1. The van der Waals surface area contributed by atoms with Crippen molar-refractivity contribution in [2.45, 2.75) is 57.8 Å². The highest BCUT2D eigenvalue weighted by atomic mass is 79.9. The van der Waals surface area contributed by atoms with Crippen LogP contribution in [0.5, 0.6) is 0 Å². The third-order valence-corrected chi connectivity index (χ3v) is 5.74. The van der Waals surface area contributed by atoms with Crippen LogP contribution in [0.25, 0.3) is 11.3 Å². The predicted molar refractivity (Wildman–Crippen MR) is 102 cm³/mol. The lowest BCUT2D eigenvalue weighted by atomic mass is 9.77. The van der Waals surface area contributed by atoms with Gasteiger partial charge in [0.25, 0.3) is 0 Å². The van der Waals surface area contributed by atoms with Gasteiger partial charge in [0.05, 0.1) is 5.69 Å². The molecule has 0 radical (unpaired) electrons. The third kappa shape index (κ3) is 4.44. The number of hydrogen-bond acceptors (Lipinski definition) is 1. The number of aromatic nitrogens is 1. The Bertz CT molecular complexity index is 595. The molecule has 1 aliphatic carbocycles. The first-order valence-corrected chi connectivity index (χ1v) is 9.77. The monoisotopic (exact) mass is 371 g/mol. The van der Waals surface area contributed by atoms with E-state index in [-0.39, 0.29) is 0 Å². The summed E-state index contributed by atoms with van der Waals surface area (Å²) >= 11 is 3.48. The van der Waals surface area contributed by atoms with Gasteiger partial charge in [-0.05, 0) is 61.3 Å². The van der Waals surface area contributed by atoms with E-state index in [4.69, 9.17) is 4.98 Å². The van der Waals surface area contributed by atoms with Crippen LogP contribution in [0.1, 0.15) is 63.4 Å². The molecule has 0 bridgehead atoms. The highest BCUT2D eigenvalue weighted by Gasteiger charge is 2.22. The molecule has 0 saturated heterocycles. The van der Waals surface area contributed by atoms with E-state index in [2.05, 4.69) is 65.4 Å². The summed E-state index contributed by atoms with van der Waals surface area (Å²) in [6, 6.07) is 12.9. The van der Waals surface area contributed by atoms with Crippen LogP contribution in [0.2, 0.25) is 0 Å². The zero-order valence-corrected chi connectivity index (χ0v) is 15.6. The molecular formula is C21H26BrN. The Morgan fingerprint density at radius 3 is 2.35 bits per heavy atom. The number of hydrogen-bond donors (Lipinski definition) is 0. The van der Waals surface area contributed by atoms with E-state index < -0.39 is 0 Å². The Hall–Kier alpha value is -1.15. The fraction of sp³-hybridized carbons (Fsp3) is 0.476. The maximum atomic E-state index is 4.71. The van der Waals surface area contributed by atoms with Crippen molar-refractivity contribution in [1.29, 1.82) is 0 Å². The van der Waals surface area contributed by atoms with E-state index in [1.54, 1.807) is 0 Å². The minimum absolute atomic E-state index is 0.722. The second-order valence-electron chi connectivity index (χ2n) is 6.84. The van der Waals surface area contributed by atoms with E-state index >= 15 is 0 Å². The van der Waals surface area contributed by atoms with Crippen molar-refractivity contribution in [2.24, 2.45) is 5.92 Å². The number of pyridine rings is 1. The molecule has 0 N–H and O–H groups in total. The summed E-state index contributed by atoms with van der Waals surface area (Å²) in [5.74, 6) is 1.69. The van der Waals surface area contributed by atoms with E-state index in [1.165, 1.54) is 56.1 Å². The van der Waals surface area contributed by atoms with Crippen molar-refractivity contribution >= 4 is 15.9 Å². The van der Waals surface area contributed by atoms with Gasteiger partial charge in [-0.3, -0.25) is 4.98 Å². The second kappa shape index (κ2) is 8.10. The Labute approximate surface area is 148 Å². The first-order valence-electron chi connectivity index (χ1n) is 8.98. The van der Waals surface area contributed by atoms with Gasteiger partial charge in [-0.2, -0.15) is 0 Å². The van der Waals surface area contributed by atoms with Gasteiger partial charge in [0.2, 0.25) is 0 Å². The average molecular weight is 372 g/mol. The van der Waals surface area contributed by atoms with Gasteiger partial charge >= 0.3 is 0 Å². The largest absolute Gasteiger partial charge is 0.256 e. The van der Waals surface area contributed by atoms with Gasteiger partial charge in [-0.1, -0.05) is 60.3 Å². The highest BCUT2D eigenvalue weighted by Crippen LogP contribution is 2.37. The first-order chi connectivity index (χ1) is 11.3. The molecule has 1 nitrogen and oxygen atoms in total. The normalized spacial score (nSPS) is 21.3. The van der Waals surface area contributed by atoms with Gasteiger partial charge in [-0.15, -0.1) is 0 Å². The standard InChI is InChI=1S/C21H26BrN/c1-2-3-4-16-5-7-17(8-6-16)19-11-14-21(23-15-19)18-9-12-20(22)13-10-18/h9-17H,2-8H2,1H3. The molecular weight excluding hydrogens is 346 g/mol. The lowest BCUT2D eigenvalue weighted by Gasteiger charge is -2.28. The second-order valence-corrected chi connectivity index (χ2v) is 7.76. The third-order valence-electron chi connectivity index (χ3n) is 5.21. The van der Waals surface area contributed by atoms with Crippen LogP contribution in [0, 0.1) is 5.92 Å². The fourth-order valence-electron chi connectivity index (χ4n) is 3.72. The minimum Gasteiger partial charge on any atom is -0.256 e. The van der Waals surface area contributed by atoms with Crippen LogP contribution in [0.3, 0.4) is 0 Å². The van der Waals surface area contributed by atoms with Crippen LogP contribution >= 0.6 is 15.9 Å². The maximum absolute atomic E-state index is 4.71. The summed E-state index contributed by atoms with van der Waals surface area (Å²) < 4.78 is 1.11. The number of rotatable bonds is 5. The van der Waals surface area contributed by atoms with Crippen molar-refractivity contribution < 1.29 is 0 Å². The molecule has 1 aliphatic rings. The summed E-state index contributed by atoms with van der Waals surface area (Å²) in [6.07, 6.45) is 11.8. The molecule has 2 aromatic rings. The van der Waals surface area contributed by atoms with Crippen LogP contribution in [-0.4, -0.2) is 4.98 Å². The topological polar surface area (TPSA) is 12.9 Å². The minimum atomic E-state index is 0.722. The van der Waals surface area contributed by atoms with Crippen molar-refractivity contribution in [1.82, 2.24) is 4.98 Å². The predicted octanol–water partition coefficient (Wildman–Crippen LogP) is 6.98. The highest BCUT2D eigenvalue weighted by molar-refractivity contribution is 9.10. The molecule has 0 amide bonds. The van der Waals surface area contributed by atoms with Crippen LogP contribution in [0.15, 0.2) is 47.1 Å². The first kappa shape index (κ1) is 16.7. The van der Waals surface area contributed by atoms with Crippen molar-refractivity contribution in [3.63, 3.8) is 0 Å². The van der Waals surface area contributed by atoms with Gasteiger partial charge < -0.3 is 0 Å². The summed E-state index contributed by atoms with van der Waals surface area (Å²) in [6.45, 7) is 2.30. The lowest BCUT2D eigenvalue weighted by Crippen LogP contribution is -2.13. The van der Waals surface area contributed by atoms with Crippen LogP contribution < -0.4 is 0 Å². The molecule has 1 aromatic heterocycles. The van der Waals surface area contributed by atoms with Crippen molar-refractivity contribution in [3.05, 3.63) is 52.6 Å². The maximum Gasteiger partial charge on any atom is 0.0702 e. The molecule has 0 atom stereocenters. The smallest absolute Gasteiger partial charge is 0.0702 e. The molecule has 0 unspecified atom stereocenters. The molecule has 1 heterocycles. The molecule has 3 rings (SSSR count). The van der Waals surface area contributed by atoms with Crippen LogP contribution in [0.4, 0.5) is 0 Å². The molecule has 1 fully saturated rings. The Balaban J connectivity index is 1.61. The Morgan fingerprint density at radius 1 is 1.00 bits per heavy atom. The van der Waals surface area contributed by atoms with Crippen molar-refractivity contribution in [3.8, 4) is 11.3 Å². The van der Waals surface area contributed by atoms with Crippen molar-refractivity contribution in [2.75, 3.05) is 0 Å². The van der Waals surface area contributed by atoms with E-state index in [0.29, 0.717) is 0 Å². The summed E-state index contributed by atoms with van der Waals surface area (Å²) in [5, 5.41) is 0. The Kier molecular flexibility index (Phi) is 5.88. The zero-order valence-electron chi connectivity index (χ0n) is 14.0. The number of unbranched alkanes of at least 4 members (excludes halogenated alkanes) is 1.